The number of ether oxygens (including phenoxy) is 2. The predicted molar refractivity (Wildman–Crippen MR) is 159 cm³/mol. The van der Waals surface area contributed by atoms with Crippen LogP contribution in [-0.4, -0.2) is 68.7 Å². The zero-order valence-corrected chi connectivity index (χ0v) is 24.9. The summed E-state index contributed by atoms with van der Waals surface area (Å²) in [6.07, 6.45) is -1.15. The van der Waals surface area contributed by atoms with Gasteiger partial charge in [-0.05, 0) is 75.8 Å². The van der Waals surface area contributed by atoms with Gasteiger partial charge in [0.15, 0.2) is 0 Å². The number of cyclic esters (lactones) is 1. The van der Waals surface area contributed by atoms with Crippen LogP contribution in [0, 0.1) is 11.6 Å². The molecule has 10 nitrogen and oxygen atoms in total. The zero-order valence-electron chi connectivity index (χ0n) is 24.9. The van der Waals surface area contributed by atoms with Crippen molar-refractivity contribution in [3.63, 3.8) is 0 Å². The Balaban J connectivity index is 1.42. The molecule has 0 aromatic heterocycles. The standard InChI is InChI=1S/C30H39BF2N4O6/c1-30(2,3)43-29(41)36-22(16-19-15-21(32)10-11-23(19)33)17-25(38)34-12-4-5-13-35-27(39)26-24(37-28(40)42-26)14-18-6-8-20(31)9-7-18/h6-11,15,22,24,26H,4-5,12-14,16-17,31H2,1-3H3,(H,34,38)(H,35,39)(H,36,41)(H,37,40)/t22?,24-,26+/m1/s1. The molecule has 0 radical (unpaired) electrons. The second kappa shape index (κ2) is 15.4. The molecule has 232 valence electrons. The van der Waals surface area contributed by atoms with E-state index in [1.165, 1.54) is 0 Å². The first-order valence-corrected chi connectivity index (χ1v) is 14.3. The van der Waals surface area contributed by atoms with Crippen LogP contribution in [0.1, 0.15) is 51.2 Å². The molecule has 43 heavy (non-hydrogen) atoms. The number of unbranched alkanes of at least 4 members (excludes halogenated alkanes) is 1. The first kappa shape index (κ1) is 33.3. The highest BCUT2D eigenvalue weighted by Gasteiger charge is 2.39. The number of alkyl carbamates (subject to hydrolysis) is 2. The Morgan fingerprint density at radius 3 is 2.40 bits per heavy atom. The monoisotopic (exact) mass is 600 g/mol. The fourth-order valence-electron chi connectivity index (χ4n) is 4.53. The van der Waals surface area contributed by atoms with Gasteiger partial charge in [0.25, 0.3) is 5.91 Å². The van der Waals surface area contributed by atoms with E-state index in [0.717, 1.165) is 29.2 Å². The summed E-state index contributed by atoms with van der Waals surface area (Å²) < 4.78 is 38.4. The minimum Gasteiger partial charge on any atom is -0.444 e. The highest BCUT2D eigenvalue weighted by molar-refractivity contribution is 6.32. The molecular weight excluding hydrogens is 561 g/mol. The highest BCUT2D eigenvalue weighted by atomic mass is 19.1. The second-order valence-electron chi connectivity index (χ2n) is 11.6. The number of halogens is 2. The smallest absolute Gasteiger partial charge is 0.408 e. The summed E-state index contributed by atoms with van der Waals surface area (Å²) in [7, 11) is 1.98. The average Bonchev–Trinajstić information content (AvgIpc) is 3.28. The van der Waals surface area contributed by atoms with Gasteiger partial charge in [-0.1, -0.05) is 29.7 Å². The number of hydrogen-bond acceptors (Lipinski definition) is 6. The van der Waals surface area contributed by atoms with Crippen LogP contribution in [0.4, 0.5) is 18.4 Å². The Morgan fingerprint density at radius 2 is 1.72 bits per heavy atom. The Kier molecular flexibility index (Phi) is 11.9. The van der Waals surface area contributed by atoms with Gasteiger partial charge in [0.1, 0.15) is 25.1 Å². The lowest BCUT2D eigenvalue weighted by molar-refractivity contribution is -0.128. The van der Waals surface area contributed by atoms with Crippen LogP contribution in [0.25, 0.3) is 0 Å². The van der Waals surface area contributed by atoms with Crippen molar-refractivity contribution < 1.29 is 37.4 Å². The molecule has 0 bridgehead atoms. The zero-order chi connectivity index (χ0) is 31.6. The SMILES string of the molecule is Bc1ccc(C[C@H]2NC(=O)O[C@@H]2C(=O)NCCCCNC(=O)CC(Cc2cc(F)ccc2F)NC(=O)OC(C)(C)C)cc1. The molecule has 1 saturated heterocycles. The molecule has 0 aliphatic carbocycles. The number of nitrogens with one attached hydrogen (secondary N) is 4. The normalized spacial score (nSPS) is 16.9. The van der Waals surface area contributed by atoms with Gasteiger partial charge < -0.3 is 30.7 Å². The lowest BCUT2D eigenvalue weighted by Gasteiger charge is -2.23. The van der Waals surface area contributed by atoms with E-state index in [0.29, 0.717) is 25.8 Å². The molecule has 3 rings (SSSR count). The summed E-state index contributed by atoms with van der Waals surface area (Å²) in [6, 6.07) is 9.48. The molecule has 4 N–H and O–H groups in total. The molecule has 2 aromatic rings. The summed E-state index contributed by atoms with van der Waals surface area (Å²) in [5.41, 5.74) is 1.32. The Morgan fingerprint density at radius 1 is 1.05 bits per heavy atom. The number of hydrogen-bond donors (Lipinski definition) is 4. The molecule has 3 atom stereocenters. The van der Waals surface area contributed by atoms with Crippen LogP contribution in [0.5, 0.6) is 0 Å². The van der Waals surface area contributed by atoms with Gasteiger partial charge >= 0.3 is 12.2 Å². The van der Waals surface area contributed by atoms with Gasteiger partial charge in [-0.15, -0.1) is 0 Å². The fraction of sp³-hybridized carbons (Fsp3) is 0.467. The van der Waals surface area contributed by atoms with E-state index in [1.807, 2.05) is 32.1 Å². The molecule has 1 heterocycles. The molecule has 2 aromatic carbocycles. The van der Waals surface area contributed by atoms with Gasteiger partial charge in [-0.25, -0.2) is 18.4 Å². The molecule has 4 amide bonds. The Bertz CT molecular complexity index is 1290. The first-order valence-electron chi connectivity index (χ1n) is 14.3. The molecule has 1 unspecified atom stereocenters. The van der Waals surface area contributed by atoms with Gasteiger partial charge in [0.2, 0.25) is 12.0 Å². The molecule has 0 spiro atoms. The summed E-state index contributed by atoms with van der Waals surface area (Å²) in [5, 5.41) is 10.8. The molecule has 13 heteroatoms. The van der Waals surface area contributed by atoms with Gasteiger partial charge in [-0.3, -0.25) is 9.59 Å². The molecule has 0 saturated carbocycles. The minimum atomic E-state index is -0.953. The first-order chi connectivity index (χ1) is 20.3. The van der Waals surface area contributed by atoms with Crippen LogP contribution in [0.15, 0.2) is 42.5 Å². The van der Waals surface area contributed by atoms with Crippen molar-refractivity contribution in [2.45, 2.75) is 76.7 Å². The number of carbonyl (C=O) groups excluding carboxylic acids is 4. The maximum atomic E-state index is 14.2. The fourth-order valence-corrected chi connectivity index (χ4v) is 4.53. The van der Waals surface area contributed by atoms with Gasteiger partial charge in [0, 0.05) is 25.6 Å². The van der Waals surface area contributed by atoms with E-state index in [9.17, 15) is 28.0 Å². The van der Waals surface area contributed by atoms with Crippen LogP contribution in [-0.2, 0) is 31.9 Å². The maximum Gasteiger partial charge on any atom is 0.408 e. The Labute approximate surface area is 251 Å². The van der Waals surface area contributed by atoms with Gasteiger partial charge in [0.05, 0.1) is 6.04 Å². The van der Waals surface area contributed by atoms with E-state index in [2.05, 4.69) is 21.3 Å². The molecule has 1 aliphatic heterocycles. The number of amides is 4. The third-order valence-corrected chi connectivity index (χ3v) is 6.59. The Hall–Kier alpha value is -4.16. The van der Waals surface area contributed by atoms with Crippen LogP contribution >= 0.6 is 0 Å². The lowest BCUT2D eigenvalue weighted by atomic mass is 9.93. The van der Waals surface area contributed by atoms with Crippen molar-refractivity contribution in [1.82, 2.24) is 21.3 Å². The third-order valence-electron chi connectivity index (χ3n) is 6.59. The third kappa shape index (κ3) is 11.6. The van der Waals surface area contributed by atoms with Crippen molar-refractivity contribution in [2.24, 2.45) is 0 Å². The topological polar surface area (TPSA) is 135 Å². The number of benzene rings is 2. The molecule has 1 aliphatic rings. The van der Waals surface area contributed by atoms with Crippen molar-refractivity contribution in [3.8, 4) is 0 Å². The van der Waals surface area contributed by atoms with Crippen molar-refractivity contribution in [1.29, 1.82) is 0 Å². The predicted octanol–water partition coefficient (Wildman–Crippen LogP) is 1.78. The average molecular weight is 600 g/mol. The van der Waals surface area contributed by atoms with E-state index in [1.54, 1.807) is 20.8 Å². The van der Waals surface area contributed by atoms with Crippen molar-refractivity contribution in [3.05, 3.63) is 65.2 Å². The summed E-state index contributed by atoms with van der Waals surface area (Å²) >= 11 is 0. The molecule has 1 fully saturated rings. The van der Waals surface area contributed by atoms with Crippen LogP contribution in [0.3, 0.4) is 0 Å². The quantitative estimate of drug-likeness (QED) is 0.205. The van der Waals surface area contributed by atoms with Crippen molar-refractivity contribution >= 4 is 37.3 Å². The second-order valence-corrected chi connectivity index (χ2v) is 11.6. The van der Waals surface area contributed by atoms with Gasteiger partial charge in [-0.2, -0.15) is 0 Å². The summed E-state index contributed by atoms with van der Waals surface area (Å²) in [6.45, 7) is 5.65. The van der Waals surface area contributed by atoms with E-state index in [-0.39, 0.29) is 24.9 Å². The largest absolute Gasteiger partial charge is 0.444 e. The van der Waals surface area contributed by atoms with Crippen LogP contribution in [0.2, 0.25) is 0 Å². The van der Waals surface area contributed by atoms with Crippen LogP contribution < -0.4 is 26.7 Å². The van der Waals surface area contributed by atoms with E-state index >= 15 is 0 Å². The van der Waals surface area contributed by atoms with E-state index in [4.69, 9.17) is 9.47 Å². The lowest BCUT2D eigenvalue weighted by Crippen LogP contribution is -2.44. The summed E-state index contributed by atoms with van der Waals surface area (Å²) in [5.74, 6) is -2.08. The number of carbonyl (C=O) groups is 4. The highest BCUT2D eigenvalue weighted by Crippen LogP contribution is 2.16. The molecular formula is C30H39BF2N4O6. The number of rotatable bonds is 13. The maximum absolute atomic E-state index is 14.2. The summed E-state index contributed by atoms with van der Waals surface area (Å²) in [4.78, 5) is 49.4. The van der Waals surface area contributed by atoms with E-state index < -0.39 is 59.4 Å². The van der Waals surface area contributed by atoms with Crippen molar-refractivity contribution in [2.75, 3.05) is 13.1 Å². The minimum absolute atomic E-state index is 0.0221.